The van der Waals surface area contributed by atoms with Gasteiger partial charge in [-0.05, 0) is 25.8 Å². The molecule has 0 aliphatic heterocycles. The van der Waals surface area contributed by atoms with Crippen LogP contribution >= 0.6 is 0 Å². The predicted octanol–water partition coefficient (Wildman–Crippen LogP) is 1.63. The van der Waals surface area contributed by atoms with E-state index in [1.165, 1.54) is 0 Å². The van der Waals surface area contributed by atoms with Crippen molar-refractivity contribution in [3.63, 3.8) is 0 Å². The number of benzene rings is 1. The molecule has 0 saturated carbocycles. The van der Waals surface area contributed by atoms with E-state index >= 15 is 0 Å². The number of methoxy groups -OCH3 is 1. The normalized spacial score (nSPS) is 11.2. The first-order valence-electron chi connectivity index (χ1n) is 8.54. The van der Waals surface area contributed by atoms with Gasteiger partial charge in [0.15, 0.2) is 5.96 Å². The Kier molecular flexibility index (Phi) is 10.3. The van der Waals surface area contributed by atoms with Crippen molar-refractivity contribution in [1.29, 1.82) is 0 Å². The molecule has 0 aliphatic rings. The maximum Gasteiger partial charge on any atom is 0.244 e. The molecule has 1 amide bonds. The van der Waals surface area contributed by atoms with E-state index in [2.05, 4.69) is 15.6 Å². The topological polar surface area (TPSA) is 66.0 Å². The second-order valence-electron chi connectivity index (χ2n) is 5.36. The van der Waals surface area contributed by atoms with E-state index < -0.39 is 0 Å². The molecule has 24 heavy (non-hydrogen) atoms. The van der Waals surface area contributed by atoms with E-state index in [1.807, 2.05) is 49.1 Å². The molecule has 0 atom stereocenters. The van der Waals surface area contributed by atoms with Gasteiger partial charge in [0, 0.05) is 39.9 Å². The van der Waals surface area contributed by atoms with Gasteiger partial charge in [-0.25, -0.2) is 4.99 Å². The summed E-state index contributed by atoms with van der Waals surface area (Å²) in [5.41, 5.74) is 1.13. The number of nitrogens with zero attached hydrogens (tertiary/aromatic N) is 2. The summed E-state index contributed by atoms with van der Waals surface area (Å²) in [6.07, 6.45) is 0.893. The zero-order valence-electron chi connectivity index (χ0n) is 15.0. The van der Waals surface area contributed by atoms with Crippen LogP contribution in [0.3, 0.4) is 0 Å². The summed E-state index contributed by atoms with van der Waals surface area (Å²) in [5.74, 6) is 0.688. The molecule has 0 aromatic heterocycles. The Morgan fingerprint density at radius 1 is 1.21 bits per heavy atom. The Balaban J connectivity index is 2.53. The van der Waals surface area contributed by atoms with Crippen molar-refractivity contribution < 1.29 is 9.53 Å². The molecule has 1 aromatic carbocycles. The summed E-state index contributed by atoms with van der Waals surface area (Å²) in [4.78, 5) is 18.6. The molecule has 0 unspecified atom stereocenters. The lowest BCUT2D eigenvalue weighted by atomic mass is 10.2. The lowest BCUT2D eigenvalue weighted by molar-refractivity contribution is -0.130. The van der Waals surface area contributed by atoms with E-state index in [0.717, 1.165) is 25.1 Å². The minimum absolute atomic E-state index is 0.0236. The Labute approximate surface area is 145 Å². The van der Waals surface area contributed by atoms with Gasteiger partial charge in [0.2, 0.25) is 5.91 Å². The van der Waals surface area contributed by atoms with Crippen molar-refractivity contribution >= 4 is 11.9 Å². The number of aliphatic imine (C=N–C) groups is 1. The van der Waals surface area contributed by atoms with Crippen LogP contribution in [0.15, 0.2) is 35.3 Å². The molecule has 6 nitrogen and oxygen atoms in total. The van der Waals surface area contributed by atoms with Gasteiger partial charge in [0.05, 0.1) is 0 Å². The molecule has 0 bridgehead atoms. The third kappa shape index (κ3) is 7.97. The maximum atomic E-state index is 12.4. The van der Waals surface area contributed by atoms with E-state index in [0.29, 0.717) is 25.7 Å². The number of nitrogens with one attached hydrogen (secondary N) is 2. The number of hydrogen-bond donors (Lipinski definition) is 2. The number of rotatable bonds is 10. The van der Waals surface area contributed by atoms with Crippen LogP contribution in [-0.2, 0) is 16.1 Å². The fourth-order valence-corrected chi connectivity index (χ4v) is 2.19. The summed E-state index contributed by atoms with van der Waals surface area (Å²) >= 11 is 0. The molecular formula is C18H30N4O2. The minimum atomic E-state index is 0.0236. The van der Waals surface area contributed by atoms with Crippen LogP contribution in [0, 0.1) is 0 Å². The highest BCUT2D eigenvalue weighted by Gasteiger charge is 2.11. The van der Waals surface area contributed by atoms with Crippen molar-refractivity contribution in [1.82, 2.24) is 15.5 Å². The molecule has 0 fully saturated rings. The smallest absolute Gasteiger partial charge is 0.244 e. The zero-order chi connectivity index (χ0) is 17.6. The summed E-state index contributed by atoms with van der Waals surface area (Å²) in [5, 5.41) is 6.35. The Morgan fingerprint density at radius 2 is 1.96 bits per heavy atom. The Hall–Kier alpha value is -2.08. The molecule has 2 N–H and O–H groups in total. The van der Waals surface area contributed by atoms with Gasteiger partial charge in [-0.15, -0.1) is 0 Å². The standard InChI is InChI=1S/C18H30N4O2/c1-4-19-18(20-12-9-13-24-3)21-14-17(23)22(5-2)15-16-10-7-6-8-11-16/h6-8,10-11H,4-5,9,12-15H2,1-3H3,(H2,19,20,21). The quantitative estimate of drug-likeness (QED) is 0.388. The number of ether oxygens (including phenoxy) is 1. The summed E-state index contributed by atoms with van der Waals surface area (Å²) in [6.45, 7) is 7.62. The third-order valence-electron chi connectivity index (χ3n) is 3.49. The number of carbonyl (C=O) groups is 1. The van der Waals surface area contributed by atoms with Gasteiger partial charge in [-0.2, -0.15) is 0 Å². The van der Waals surface area contributed by atoms with Gasteiger partial charge in [0.1, 0.15) is 6.54 Å². The lowest BCUT2D eigenvalue weighted by Crippen LogP contribution is -2.39. The summed E-state index contributed by atoms with van der Waals surface area (Å²) in [7, 11) is 1.68. The molecule has 0 spiro atoms. The van der Waals surface area contributed by atoms with E-state index in [-0.39, 0.29) is 12.5 Å². The maximum absolute atomic E-state index is 12.4. The Morgan fingerprint density at radius 3 is 2.58 bits per heavy atom. The van der Waals surface area contributed by atoms with Gasteiger partial charge >= 0.3 is 0 Å². The first kappa shape index (κ1) is 20.0. The fourth-order valence-electron chi connectivity index (χ4n) is 2.19. The van der Waals surface area contributed by atoms with Crippen LogP contribution in [0.2, 0.25) is 0 Å². The second kappa shape index (κ2) is 12.4. The van der Waals surface area contributed by atoms with Gasteiger partial charge in [-0.1, -0.05) is 30.3 Å². The Bertz CT molecular complexity index is 491. The number of guanidine groups is 1. The molecule has 0 saturated heterocycles. The average Bonchev–Trinajstić information content (AvgIpc) is 2.61. The van der Waals surface area contributed by atoms with E-state index in [4.69, 9.17) is 4.74 Å². The summed E-state index contributed by atoms with van der Waals surface area (Å²) in [6, 6.07) is 10.0. The SMILES string of the molecule is CCNC(=NCC(=O)N(CC)Cc1ccccc1)NCCCOC. The van der Waals surface area contributed by atoms with Crippen LogP contribution in [0.1, 0.15) is 25.8 Å². The van der Waals surface area contributed by atoms with E-state index in [1.54, 1.807) is 7.11 Å². The first-order chi connectivity index (χ1) is 11.7. The van der Waals surface area contributed by atoms with Crippen LogP contribution in [-0.4, -0.2) is 56.7 Å². The highest BCUT2D eigenvalue weighted by Crippen LogP contribution is 2.04. The fraction of sp³-hybridized carbons (Fsp3) is 0.556. The van der Waals surface area contributed by atoms with Crippen molar-refractivity contribution in [2.75, 3.05) is 39.9 Å². The molecule has 0 aliphatic carbocycles. The van der Waals surface area contributed by atoms with Crippen molar-refractivity contribution in [2.24, 2.45) is 4.99 Å². The van der Waals surface area contributed by atoms with Crippen molar-refractivity contribution in [2.45, 2.75) is 26.8 Å². The highest BCUT2D eigenvalue weighted by atomic mass is 16.5. The van der Waals surface area contributed by atoms with Gasteiger partial charge in [-0.3, -0.25) is 4.79 Å². The van der Waals surface area contributed by atoms with E-state index in [9.17, 15) is 4.79 Å². The third-order valence-corrected chi connectivity index (χ3v) is 3.49. The van der Waals surface area contributed by atoms with Crippen LogP contribution in [0.5, 0.6) is 0 Å². The number of amides is 1. The summed E-state index contributed by atoms with van der Waals surface area (Å²) < 4.78 is 5.02. The molecule has 6 heteroatoms. The first-order valence-corrected chi connectivity index (χ1v) is 8.54. The monoisotopic (exact) mass is 334 g/mol. The van der Waals surface area contributed by atoms with Crippen LogP contribution in [0.25, 0.3) is 0 Å². The second-order valence-corrected chi connectivity index (χ2v) is 5.36. The molecule has 134 valence electrons. The number of carbonyl (C=O) groups excluding carboxylic acids is 1. The minimum Gasteiger partial charge on any atom is -0.385 e. The van der Waals surface area contributed by atoms with Crippen LogP contribution in [0.4, 0.5) is 0 Å². The predicted molar refractivity (Wildman–Crippen MR) is 98.0 cm³/mol. The molecular weight excluding hydrogens is 304 g/mol. The highest BCUT2D eigenvalue weighted by molar-refractivity contribution is 5.84. The van der Waals surface area contributed by atoms with Gasteiger partial charge in [0.25, 0.3) is 0 Å². The zero-order valence-corrected chi connectivity index (χ0v) is 15.0. The molecule has 0 radical (unpaired) electrons. The molecule has 1 aromatic rings. The van der Waals surface area contributed by atoms with Crippen molar-refractivity contribution in [3.05, 3.63) is 35.9 Å². The number of hydrogen-bond acceptors (Lipinski definition) is 3. The van der Waals surface area contributed by atoms with Crippen LogP contribution < -0.4 is 10.6 Å². The van der Waals surface area contributed by atoms with Crippen molar-refractivity contribution in [3.8, 4) is 0 Å². The largest absolute Gasteiger partial charge is 0.385 e. The average molecular weight is 334 g/mol. The molecule has 0 heterocycles. The molecule has 1 rings (SSSR count). The number of likely N-dealkylation sites (N-methyl/N-ethyl adjacent to an activating group) is 1. The lowest BCUT2D eigenvalue weighted by Gasteiger charge is -2.20. The van der Waals surface area contributed by atoms with Gasteiger partial charge < -0.3 is 20.3 Å².